The van der Waals surface area contributed by atoms with Gasteiger partial charge < -0.3 is 14.8 Å². The first-order valence-corrected chi connectivity index (χ1v) is 14.7. The average Bonchev–Trinajstić information content (AvgIpc) is 3.39. The quantitative estimate of drug-likeness (QED) is 0.146. The fraction of sp³-hybridized carbons (Fsp3) is 0.400. The van der Waals surface area contributed by atoms with Crippen LogP contribution in [0, 0.1) is 0 Å². The highest BCUT2D eigenvalue weighted by atomic mass is 32.2. The van der Waals surface area contributed by atoms with Crippen molar-refractivity contribution in [2.75, 3.05) is 29.6 Å². The van der Waals surface area contributed by atoms with Gasteiger partial charge in [0.2, 0.25) is 11.0 Å². The van der Waals surface area contributed by atoms with Crippen LogP contribution in [0.2, 0.25) is 0 Å². The van der Waals surface area contributed by atoms with Crippen LogP contribution in [0.1, 0.15) is 64.3 Å². The largest absolute Gasteiger partial charge is 0.493 e. The Morgan fingerprint density at radius 3 is 2.62 bits per heavy atom. The lowest BCUT2D eigenvalue weighted by atomic mass is 10.1. The number of ether oxygens (including phenoxy) is 2. The summed E-state index contributed by atoms with van der Waals surface area (Å²) in [5.41, 5.74) is 1.91. The fourth-order valence-electron chi connectivity index (χ4n) is 3.96. The average molecular weight is 561 g/mol. The van der Waals surface area contributed by atoms with Crippen molar-refractivity contribution in [2.45, 2.75) is 50.3 Å². The predicted molar refractivity (Wildman–Crippen MR) is 146 cm³/mol. The minimum absolute atomic E-state index is 0.0839. The minimum atomic E-state index is -0.389. The number of carbonyl (C=O) groups is 3. The van der Waals surface area contributed by atoms with Gasteiger partial charge in [0.15, 0.2) is 4.34 Å². The van der Waals surface area contributed by atoms with Crippen LogP contribution in [0.5, 0.6) is 5.75 Å². The number of nitrogens with one attached hydrogen (secondary N) is 2. The molecule has 0 saturated heterocycles. The molecular formula is C25H28N4O5S3. The maximum absolute atomic E-state index is 12.8. The van der Waals surface area contributed by atoms with Crippen molar-refractivity contribution >= 4 is 62.4 Å². The summed E-state index contributed by atoms with van der Waals surface area (Å²) in [6.07, 6.45) is 4.95. The molecule has 2 heterocycles. The van der Waals surface area contributed by atoms with E-state index in [0.717, 1.165) is 42.5 Å². The van der Waals surface area contributed by atoms with Gasteiger partial charge in [-0.25, -0.2) is 4.79 Å². The SMILES string of the molecule is CCOC(=O)c1c(NC(=O)CSc2nnc(NC(=O)c3ccccc3OCC)s2)sc2c1CCCCC2. The minimum Gasteiger partial charge on any atom is -0.493 e. The lowest BCUT2D eigenvalue weighted by Gasteiger charge is -2.08. The molecule has 9 nitrogen and oxygen atoms in total. The number of aryl methyl sites for hydroxylation is 1. The van der Waals surface area contributed by atoms with E-state index in [-0.39, 0.29) is 30.1 Å². The number of anilines is 2. The van der Waals surface area contributed by atoms with Crippen LogP contribution in [0.3, 0.4) is 0 Å². The number of esters is 1. The highest BCUT2D eigenvalue weighted by Gasteiger charge is 2.26. The smallest absolute Gasteiger partial charge is 0.341 e. The summed E-state index contributed by atoms with van der Waals surface area (Å²) in [5, 5.41) is 14.6. The van der Waals surface area contributed by atoms with Gasteiger partial charge in [0, 0.05) is 4.88 Å². The number of hydrogen-bond donors (Lipinski definition) is 2. The standard InChI is InChI=1S/C25H28N4O5S3/c1-3-33-17-12-9-8-10-15(17)21(31)27-24-28-29-25(37-24)35-14-19(30)26-22-20(23(32)34-4-2)16-11-6-5-7-13-18(16)36-22/h8-10,12H,3-7,11,13-14H2,1-2H3,(H,26,30)(H,27,28,31). The molecule has 0 saturated carbocycles. The van der Waals surface area contributed by atoms with E-state index in [1.165, 1.54) is 34.4 Å². The normalized spacial score (nSPS) is 12.8. The Morgan fingerprint density at radius 2 is 1.81 bits per heavy atom. The molecule has 0 fully saturated rings. The molecule has 1 aliphatic carbocycles. The lowest BCUT2D eigenvalue weighted by molar-refractivity contribution is -0.113. The van der Waals surface area contributed by atoms with Crippen molar-refractivity contribution in [1.82, 2.24) is 10.2 Å². The van der Waals surface area contributed by atoms with E-state index in [4.69, 9.17) is 9.47 Å². The van der Waals surface area contributed by atoms with E-state index in [0.29, 0.717) is 38.0 Å². The number of rotatable bonds is 10. The maximum atomic E-state index is 12.8. The van der Waals surface area contributed by atoms with Crippen LogP contribution < -0.4 is 15.4 Å². The van der Waals surface area contributed by atoms with E-state index in [1.807, 2.05) is 6.92 Å². The summed E-state index contributed by atoms with van der Waals surface area (Å²) >= 11 is 3.86. The van der Waals surface area contributed by atoms with Gasteiger partial charge >= 0.3 is 5.97 Å². The summed E-state index contributed by atoms with van der Waals surface area (Å²) in [6.45, 7) is 4.35. The molecule has 37 heavy (non-hydrogen) atoms. The molecule has 196 valence electrons. The molecule has 0 spiro atoms. The van der Waals surface area contributed by atoms with Crippen LogP contribution in [-0.4, -0.2) is 46.9 Å². The molecule has 2 amide bonds. The second kappa shape index (κ2) is 13.0. The third-order valence-corrected chi connectivity index (χ3v) is 8.72. The Hall–Kier alpha value is -2.96. The van der Waals surface area contributed by atoms with Gasteiger partial charge in [-0.3, -0.25) is 14.9 Å². The number of benzene rings is 1. The van der Waals surface area contributed by atoms with Crippen LogP contribution >= 0.6 is 34.4 Å². The van der Waals surface area contributed by atoms with Gasteiger partial charge in [0.25, 0.3) is 5.91 Å². The fourth-order valence-corrected chi connectivity index (χ4v) is 6.80. The Kier molecular flexibility index (Phi) is 9.53. The van der Waals surface area contributed by atoms with Crippen LogP contribution in [-0.2, 0) is 22.4 Å². The second-order valence-corrected chi connectivity index (χ2v) is 11.4. The molecular weight excluding hydrogens is 532 g/mol. The molecule has 0 atom stereocenters. The highest BCUT2D eigenvalue weighted by Crippen LogP contribution is 2.38. The van der Waals surface area contributed by atoms with Crippen molar-refractivity contribution in [3.63, 3.8) is 0 Å². The summed E-state index contributed by atoms with van der Waals surface area (Å²) in [4.78, 5) is 39.3. The van der Waals surface area contributed by atoms with Crippen molar-refractivity contribution in [1.29, 1.82) is 0 Å². The summed E-state index contributed by atoms with van der Waals surface area (Å²) < 4.78 is 11.3. The first kappa shape index (κ1) is 27.1. The van der Waals surface area contributed by atoms with Crippen molar-refractivity contribution in [2.24, 2.45) is 0 Å². The van der Waals surface area contributed by atoms with Crippen LogP contribution in [0.15, 0.2) is 28.6 Å². The van der Waals surface area contributed by atoms with Gasteiger partial charge in [-0.2, -0.15) is 0 Å². The number of amides is 2. The Morgan fingerprint density at radius 1 is 1.00 bits per heavy atom. The van der Waals surface area contributed by atoms with Gasteiger partial charge in [-0.1, -0.05) is 41.7 Å². The van der Waals surface area contributed by atoms with Gasteiger partial charge in [0.05, 0.1) is 30.1 Å². The molecule has 1 aliphatic rings. The zero-order valence-corrected chi connectivity index (χ0v) is 23.1. The van der Waals surface area contributed by atoms with E-state index < -0.39 is 0 Å². The van der Waals surface area contributed by atoms with Crippen molar-refractivity contribution < 1.29 is 23.9 Å². The number of thioether (sulfide) groups is 1. The summed E-state index contributed by atoms with van der Waals surface area (Å²) in [6, 6.07) is 6.97. The first-order valence-electron chi connectivity index (χ1n) is 12.1. The maximum Gasteiger partial charge on any atom is 0.341 e. The molecule has 2 N–H and O–H groups in total. The molecule has 12 heteroatoms. The van der Waals surface area contributed by atoms with E-state index in [9.17, 15) is 14.4 Å². The molecule has 1 aromatic carbocycles. The molecule has 2 aromatic heterocycles. The van der Waals surface area contributed by atoms with Crippen molar-refractivity contribution in [3.8, 4) is 5.75 Å². The molecule has 0 unspecified atom stereocenters. The van der Waals surface area contributed by atoms with Crippen molar-refractivity contribution in [3.05, 3.63) is 45.8 Å². The van der Waals surface area contributed by atoms with Gasteiger partial charge in [0.1, 0.15) is 10.8 Å². The molecule has 4 rings (SSSR count). The third-order valence-electron chi connectivity index (χ3n) is 5.54. The lowest BCUT2D eigenvalue weighted by Crippen LogP contribution is -2.16. The number of thiophene rings is 1. The monoisotopic (exact) mass is 560 g/mol. The zero-order chi connectivity index (χ0) is 26.2. The molecule has 0 bridgehead atoms. The number of hydrogen-bond acceptors (Lipinski definition) is 10. The third kappa shape index (κ3) is 6.88. The molecule has 0 radical (unpaired) electrons. The number of aromatic nitrogens is 2. The second-order valence-electron chi connectivity index (χ2n) is 8.08. The van der Waals surface area contributed by atoms with Gasteiger partial charge in [-0.15, -0.1) is 21.5 Å². The molecule has 3 aromatic rings. The zero-order valence-electron chi connectivity index (χ0n) is 20.6. The van der Waals surface area contributed by atoms with Gasteiger partial charge in [-0.05, 0) is 57.2 Å². The van der Waals surface area contributed by atoms with E-state index in [1.54, 1.807) is 31.2 Å². The number of fused-ring (bicyclic) bond motifs is 1. The molecule has 0 aliphatic heterocycles. The summed E-state index contributed by atoms with van der Waals surface area (Å²) in [5.74, 6) is -0.413. The first-order chi connectivity index (χ1) is 18.0. The Labute approximate surface area is 227 Å². The van der Waals surface area contributed by atoms with Crippen LogP contribution in [0.4, 0.5) is 10.1 Å². The summed E-state index contributed by atoms with van der Waals surface area (Å²) in [7, 11) is 0. The van der Waals surface area contributed by atoms with E-state index in [2.05, 4.69) is 20.8 Å². The predicted octanol–water partition coefficient (Wildman–Crippen LogP) is 5.43. The number of nitrogens with zero attached hydrogens (tertiary/aromatic N) is 2. The highest BCUT2D eigenvalue weighted by molar-refractivity contribution is 8.01. The number of carbonyl (C=O) groups excluding carboxylic acids is 3. The Bertz CT molecular complexity index is 1270. The van der Waals surface area contributed by atoms with Crippen LogP contribution in [0.25, 0.3) is 0 Å². The van der Waals surface area contributed by atoms with E-state index >= 15 is 0 Å². The number of para-hydroxylation sites is 1. The Balaban J connectivity index is 1.37. The topological polar surface area (TPSA) is 120 Å².